The summed E-state index contributed by atoms with van der Waals surface area (Å²) >= 11 is 3.89. The summed E-state index contributed by atoms with van der Waals surface area (Å²) in [4.78, 5) is 58.2. The third-order valence-electron chi connectivity index (χ3n) is 3.43. The van der Waals surface area contributed by atoms with E-state index in [0.29, 0.717) is 0 Å². The lowest BCUT2D eigenvalue weighted by atomic mass is 10.1. The van der Waals surface area contributed by atoms with Crippen LogP contribution in [0.2, 0.25) is 0 Å². The van der Waals surface area contributed by atoms with Crippen LogP contribution in [0.5, 0.6) is 0 Å². The molecule has 0 bridgehead atoms. The van der Waals surface area contributed by atoms with E-state index in [1.165, 1.54) is 6.92 Å². The number of thiol groups is 1. The topological polar surface area (TPSA) is 234 Å². The number of nitrogens with two attached hydrogens (primary N) is 2. The van der Waals surface area contributed by atoms with Crippen molar-refractivity contribution < 1.29 is 39.3 Å². The fourth-order valence-electron chi connectivity index (χ4n) is 1.88. The standard InChI is InChI=1S/C14H25N5O8S/c1-5(21)10(19-11(23)6(15)3-20)13(25)18-8(4-28)12(24)17-7(14(26)27)2-9(16)22/h5-8,10,20-21,28H,2-4,15H2,1H3,(H2,16,22)(H,17,24)(H,18,25)(H,19,23)(H,26,27). The van der Waals surface area contributed by atoms with Gasteiger partial charge in [-0.15, -0.1) is 0 Å². The number of nitrogens with one attached hydrogen (secondary N) is 3. The van der Waals surface area contributed by atoms with Gasteiger partial charge in [0.1, 0.15) is 24.2 Å². The fraction of sp³-hybridized carbons (Fsp3) is 0.643. The van der Waals surface area contributed by atoms with Crippen molar-refractivity contribution in [3.63, 3.8) is 0 Å². The molecule has 160 valence electrons. The summed E-state index contributed by atoms with van der Waals surface area (Å²) in [5, 5.41) is 33.9. The molecular weight excluding hydrogens is 398 g/mol. The van der Waals surface area contributed by atoms with Crippen LogP contribution in [0, 0.1) is 0 Å². The van der Waals surface area contributed by atoms with Gasteiger partial charge in [-0.25, -0.2) is 4.79 Å². The molecule has 0 aromatic heterocycles. The third kappa shape index (κ3) is 8.51. The molecule has 0 saturated heterocycles. The number of rotatable bonds is 12. The van der Waals surface area contributed by atoms with Gasteiger partial charge in [-0.3, -0.25) is 19.2 Å². The van der Waals surface area contributed by atoms with Crippen molar-refractivity contribution in [3.05, 3.63) is 0 Å². The van der Waals surface area contributed by atoms with Gasteiger partial charge in [-0.1, -0.05) is 0 Å². The number of carbonyl (C=O) groups excluding carboxylic acids is 4. The summed E-state index contributed by atoms with van der Waals surface area (Å²) < 4.78 is 0. The van der Waals surface area contributed by atoms with Gasteiger partial charge in [0.25, 0.3) is 0 Å². The Morgan fingerprint density at radius 1 is 1.00 bits per heavy atom. The van der Waals surface area contributed by atoms with Crippen LogP contribution < -0.4 is 27.4 Å². The van der Waals surface area contributed by atoms with Crippen molar-refractivity contribution in [1.29, 1.82) is 0 Å². The van der Waals surface area contributed by atoms with Crippen LogP contribution in [0.1, 0.15) is 13.3 Å². The van der Waals surface area contributed by atoms with Crippen LogP contribution >= 0.6 is 12.6 Å². The van der Waals surface area contributed by atoms with Crippen molar-refractivity contribution in [3.8, 4) is 0 Å². The van der Waals surface area contributed by atoms with E-state index in [2.05, 4.69) is 23.3 Å². The largest absolute Gasteiger partial charge is 0.480 e. The number of hydrogen-bond donors (Lipinski definition) is 9. The Morgan fingerprint density at radius 3 is 1.93 bits per heavy atom. The maximum absolute atomic E-state index is 12.3. The SMILES string of the molecule is CC(O)C(NC(=O)C(N)CO)C(=O)NC(CS)C(=O)NC(CC(N)=O)C(=O)O. The number of hydrogen-bond acceptors (Lipinski definition) is 9. The highest BCUT2D eigenvalue weighted by molar-refractivity contribution is 7.80. The molecule has 0 rings (SSSR count). The van der Waals surface area contributed by atoms with Crippen LogP contribution in [-0.4, -0.2) is 87.5 Å². The highest BCUT2D eigenvalue weighted by atomic mass is 32.1. The third-order valence-corrected chi connectivity index (χ3v) is 3.80. The van der Waals surface area contributed by atoms with E-state index >= 15 is 0 Å². The molecule has 0 aromatic rings. The number of primary amides is 1. The summed E-state index contributed by atoms with van der Waals surface area (Å²) in [7, 11) is 0. The van der Waals surface area contributed by atoms with E-state index in [-0.39, 0.29) is 5.75 Å². The predicted octanol–water partition coefficient (Wildman–Crippen LogP) is -4.97. The quantitative estimate of drug-likeness (QED) is 0.136. The van der Waals surface area contributed by atoms with E-state index in [1.54, 1.807) is 0 Å². The van der Waals surface area contributed by atoms with Crippen molar-refractivity contribution in [2.45, 2.75) is 43.6 Å². The molecule has 0 fully saturated rings. The summed E-state index contributed by atoms with van der Waals surface area (Å²) in [5.74, 6) is -5.61. The van der Waals surface area contributed by atoms with Gasteiger partial charge >= 0.3 is 5.97 Å². The number of carboxylic acids is 1. The molecule has 0 aliphatic heterocycles. The Labute approximate surface area is 165 Å². The summed E-state index contributed by atoms with van der Waals surface area (Å²) in [5.41, 5.74) is 10.2. The fourth-order valence-corrected chi connectivity index (χ4v) is 2.13. The van der Waals surface area contributed by atoms with Gasteiger partial charge < -0.3 is 42.7 Å². The molecule has 0 heterocycles. The normalized spacial score (nSPS) is 16.0. The molecule has 0 aliphatic carbocycles. The maximum atomic E-state index is 12.3. The minimum atomic E-state index is -1.61. The zero-order chi connectivity index (χ0) is 22.0. The molecule has 5 atom stereocenters. The van der Waals surface area contributed by atoms with Crippen molar-refractivity contribution in [1.82, 2.24) is 16.0 Å². The highest BCUT2D eigenvalue weighted by Crippen LogP contribution is 2.00. The lowest BCUT2D eigenvalue weighted by molar-refractivity contribution is -0.143. The molecule has 28 heavy (non-hydrogen) atoms. The second-order valence-corrected chi connectivity index (χ2v) is 6.19. The average Bonchev–Trinajstić information content (AvgIpc) is 2.61. The van der Waals surface area contributed by atoms with Crippen molar-refractivity contribution >= 4 is 42.2 Å². The first-order valence-corrected chi connectivity index (χ1v) is 8.65. The number of carbonyl (C=O) groups is 5. The molecule has 4 amide bonds. The summed E-state index contributed by atoms with van der Waals surface area (Å²) in [6.07, 6.45) is -2.06. The molecule has 0 saturated carbocycles. The van der Waals surface area contributed by atoms with Crippen LogP contribution in [0.25, 0.3) is 0 Å². The minimum Gasteiger partial charge on any atom is -0.480 e. The molecule has 0 aliphatic rings. The van der Waals surface area contributed by atoms with E-state index in [0.717, 1.165) is 0 Å². The second-order valence-electron chi connectivity index (χ2n) is 5.83. The highest BCUT2D eigenvalue weighted by Gasteiger charge is 2.32. The zero-order valence-electron chi connectivity index (χ0n) is 15.0. The van der Waals surface area contributed by atoms with E-state index in [9.17, 15) is 29.1 Å². The number of aliphatic hydroxyl groups excluding tert-OH is 2. The Balaban J connectivity index is 5.15. The number of aliphatic hydroxyl groups is 2. The van der Waals surface area contributed by atoms with Gasteiger partial charge in [-0.05, 0) is 6.92 Å². The minimum absolute atomic E-state index is 0.267. The lowest BCUT2D eigenvalue weighted by Crippen LogP contribution is -2.60. The van der Waals surface area contributed by atoms with Gasteiger partial charge in [0.15, 0.2) is 0 Å². The molecule has 14 heteroatoms. The number of amides is 4. The molecule has 5 unspecified atom stereocenters. The Kier molecular flexibility index (Phi) is 11.1. The Hall–Kier alpha value is -2.42. The van der Waals surface area contributed by atoms with Crippen LogP contribution in [-0.2, 0) is 24.0 Å². The zero-order valence-corrected chi connectivity index (χ0v) is 15.9. The number of carboxylic acid groups (broad SMARTS) is 1. The van der Waals surface area contributed by atoms with Gasteiger partial charge in [0, 0.05) is 5.75 Å². The van der Waals surface area contributed by atoms with Crippen molar-refractivity contribution in [2.75, 3.05) is 12.4 Å². The van der Waals surface area contributed by atoms with Gasteiger partial charge in [-0.2, -0.15) is 12.6 Å². The lowest BCUT2D eigenvalue weighted by Gasteiger charge is -2.25. The molecule has 10 N–H and O–H groups in total. The van der Waals surface area contributed by atoms with Crippen LogP contribution in [0.4, 0.5) is 0 Å². The summed E-state index contributed by atoms with van der Waals surface area (Å²) in [6.45, 7) is 0.496. The molecule has 0 aromatic carbocycles. The monoisotopic (exact) mass is 423 g/mol. The van der Waals surface area contributed by atoms with E-state index in [1.807, 2.05) is 5.32 Å². The predicted molar refractivity (Wildman–Crippen MR) is 97.8 cm³/mol. The molecule has 0 radical (unpaired) electrons. The van der Waals surface area contributed by atoms with Gasteiger partial charge in [0.2, 0.25) is 23.6 Å². The first kappa shape index (κ1) is 25.6. The average molecular weight is 423 g/mol. The maximum Gasteiger partial charge on any atom is 0.326 e. The first-order chi connectivity index (χ1) is 12.9. The first-order valence-electron chi connectivity index (χ1n) is 8.02. The number of aliphatic carboxylic acids is 1. The van der Waals surface area contributed by atoms with Gasteiger partial charge in [0.05, 0.1) is 19.1 Å². The van der Waals surface area contributed by atoms with Crippen molar-refractivity contribution in [2.24, 2.45) is 11.5 Å². The van der Waals surface area contributed by atoms with Crippen LogP contribution in [0.15, 0.2) is 0 Å². The summed E-state index contributed by atoms with van der Waals surface area (Å²) in [6, 6.07) is -5.81. The van der Waals surface area contributed by atoms with E-state index in [4.69, 9.17) is 21.7 Å². The molecule has 0 spiro atoms. The molecule has 13 nitrogen and oxygen atoms in total. The Morgan fingerprint density at radius 2 is 1.54 bits per heavy atom. The second kappa shape index (κ2) is 12.1. The smallest absolute Gasteiger partial charge is 0.326 e. The van der Waals surface area contributed by atoms with Crippen LogP contribution in [0.3, 0.4) is 0 Å². The Bertz CT molecular complexity index is 602. The molecular formula is C14H25N5O8S. The van der Waals surface area contributed by atoms with E-state index < -0.39 is 72.9 Å².